The van der Waals surface area contributed by atoms with Gasteiger partial charge in [0.05, 0.1) is 0 Å². The molecule has 1 aliphatic rings. The Kier molecular flexibility index (Phi) is 3.44. The van der Waals surface area contributed by atoms with E-state index in [1.807, 2.05) is 19.1 Å². The molecule has 1 heterocycles. The summed E-state index contributed by atoms with van der Waals surface area (Å²) in [6.45, 7) is 1.91. The van der Waals surface area contributed by atoms with Crippen molar-refractivity contribution in [2.24, 2.45) is 0 Å². The predicted octanol–water partition coefficient (Wildman–Crippen LogP) is 2.35. The first-order valence-electron chi connectivity index (χ1n) is 6.70. The average molecular weight is 288 g/mol. The molecule has 104 valence electrons. The van der Waals surface area contributed by atoms with Crippen LogP contribution in [0.25, 0.3) is 0 Å². The van der Waals surface area contributed by atoms with E-state index in [4.69, 9.17) is 0 Å². The molecule has 0 saturated carbocycles. The molecule has 20 heavy (non-hydrogen) atoms. The maximum atomic E-state index is 12.0. The summed E-state index contributed by atoms with van der Waals surface area (Å²) in [7, 11) is 0. The maximum Gasteiger partial charge on any atom is 0.307 e. The number of aryl methyl sites for hydroxylation is 3. The molecule has 1 amide bonds. The van der Waals surface area contributed by atoms with E-state index in [9.17, 15) is 9.59 Å². The highest BCUT2D eigenvalue weighted by atomic mass is 32.1. The molecule has 1 aromatic carbocycles. The van der Waals surface area contributed by atoms with Gasteiger partial charge in [-0.25, -0.2) is 0 Å². The fraction of sp³-hybridized carbons (Fsp3) is 0.333. The maximum absolute atomic E-state index is 12.0. The van der Waals surface area contributed by atoms with Crippen LogP contribution in [0.1, 0.15) is 23.2 Å². The molecule has 0 spiro atoms. The lowest BCUT2D eigenvalue weighted by molar-refractivity contribution is -0.116. The van der Waals surface area contributed by atoms with Crippen molar-refractivity contribution in [3.05, 3.63) is 50.1 Å². The number of rotatable bonds is 3. The third-order valence-electron chi connectivity index (χ3n) is 3.66. The molecular formula is C15H16N2O2S. The van der Waals surface area contributed by atoms with Crippen LogP contribution in [0, 0.1) is 6.92 Å². The van der Waals surface area contributed by atoms with Gasteiger partial charge in [-0.15, -0.1) is 0 Å². The molecule has 0 fully saturated rings. The zero-order valence-corrected chi connectivity index (χ0v) is 12.1. The van der Waals surface area contributed by atoms with Gasteiger partial charge in [-0.3, -0.25) is 14.2 Å². The highest BCUT2D eigenvalue weighted by Gasteiger charge is 2.13. The molecule has 0 radical (unpaired) electrons. The second kappa shape index (κ2) is 5.25. The van der Waals surface area contributed by atoms with Crippen LogP contribution < -0.4 is 10.2 Å². The largest absolute Gasteiger partial charge is 0.325 e. The highest BCUT2D eigenvalue weighted by Crippen LogP contribution is 2.24. The number of hydrogen-bond donors (Lipinski definition) is 1. The standard InChI is InChI=1S/C15H16N2O2S/c1-10-9-20-15(19)17(10)8-14(18)16-13-6-5-11-3-2-4-12(11)7-13/h5-7,9H,2-4,8H2,1H3,(H,16,18). The van der Waals surface area contributed by atoms with Gasteiger partial charge in [0.1, 0.15) is 6.54 Å². The first-order chi connectivity index (χ1) is 9.63. The molecule has 1 aliphatic carbocycles. The quantitative estimate of drug-likeness (QED) is 0.942. The van der Waals surface area contributed by atoms with Gasteiger partial charge < -0.3 is 5.32 Å². The van der Waals surface area contributed by atoms with E-state index in [2.05, 4.69) is 11.4 Å². The van der Waals surface area contributed by atoms with Gasteiger partial charge in [-0.1, -0.05) is 17.4 Å². The number of anilines is 1. The number of nitrogens with zero attached hydrogens (tertiary/aromatic N) is 1. The lowest BCUT2D eigenvalue weighted by atomic mass is 10.1. The molecule has 0 aliphatic heterocycles. The van der Waals surface area contributed by atoms with Crippen LogP contribution in [-0.2, 0) is 24.2 Å². The van der Waals surface area contributed by atoms with E-state index >= 15 is 0 Å². The molecule has 0 bridgehead atoms. The number of fused-ring (bicyclic) bond motifs is 1. The van der Waals surface area contributed by atoms with Crippen LogP contribution in [-0.4, -0.2) is 10.5 Å². The van der Waals surface area contributed by atoms with Crippen molar-refractivity contribution in [3.8, 4) is 0 Å². The average Bonchev–Trinajstić information content (AvgIpc) is 3.00. The molecule has 2 aromatic rings. The van der Waals surface area contributed by atoms with Gasteiger partial charge in [-0.2, -0.15) is 0 Å². The lowest BCUT2D eigenvalue weighted by Gasteiger charge is -2.08. The van der Waals surface area contributed by atoms with E-state index in [1.165, 1.54) is 22.1 Å². The van der Waals surface area contributed by atoms with Gasteiger partial charge in [0.15, 0.2) is 0 Å². The zero-order valence-electron chi connectivity index (χ0n) is 11.3. The van der Waals surface area contributed by atoms with E-state index in [-0.39, 0.29) is 17.3 Å². The number of aromatic nitrogens is 1. The first-order valence-corrected chi connectivity index (χ1v) is 7.58. The second-order valence-electron chi connectivity index (χ2n) is 5.11. The van der Waals surface area contributed by atoms with Crippen molar-refractivity contribution in [1.29, 1.82) is 0 Å². The summed E-state index contributed by atoms with van der Waals surface area (Å²) in [5.41, 5.74) is 4.35. The van der Waals surface area contributed by atoms with Crippen molar-refractivity contribution in [3.63, 3.8) is 0 Å². The molecule has 5 heteroatoms. The van der Waals surface area contributed by atoms with Crippen molar-refractivity contribution >= 4 is 22.9 Å². The number of carbonyl (C=O) groups is 1. The van der Waals surface area contributed by atoms with Crippen LogP contribution in [0.5, 0.6) is 0 Å². The van der Waals surface area contributed by atoms with Crippen molar-refractivity contribution in [2.75, 3.05) is 5.32 Å². The summed E-state index contributed by atoms with van der Waals surface area (Å²) in [4.78, 5) is 23.5. The summed E-state index contributed by atoms with van der Waals surface area (Å²) in [5.74, 6) is -0.161. The highest BCUT2D eigenvalue weighted by molar-refractivity contribution is 7.07. The molecular weight excluding hydrogens is 272 g/mol. The number of thiazole rings is 1. The topological polar surface area (TPSA) is 51.1 Å². The van der Waals surface area contributed by atoms with Crippen molar-refractivity contribution in [2.45, 2.75) is 32.7 Å². The molecule has 1 N–H and O–H groups in total. The Hall–Kier alpha value is -1.88. The molecule has 0 saturated heterocycles. The molecule has 1 aromatic heterocycles. The van der Waals surface area contributed by atoms with Crippen LogP contribution in [0.15, 0.2) is 28.4 Å². The summed E-state index contributed by atoms with van der Waals surface area (Å²) >= 11 is 1.12. The third-order valence-corrected chi connectivity index (χ3v) is 4.54. The van der Waals surface area contributed by atoms with Crippen molar-refractivity contribution in [1.82, 2.24) is 4.57 Å². The SMILES string of the molecule is Cc1csc(=O)n1CC(=O)Nc1ccc2c(c1)CCC2. The Morgan fingerprint density at radius 3 is 2.90 bits per heavy atom. The van der Waals surface area contributed by atoms with Gasteiger partial charge in [0.25, 0.3) is 0 Å². The fourth-order valence-electron chi connectivity index (χ4n) is 2.59. The number of benzene rings is 1. The van der Waals surface area contributed by atoms with Crippen molar-refractivity contribution < 1.29 is 4.79 Å². The molecule has 3 rings (SSSR count). The van der Waals surface area contributed by atoms with Gasteiger partial charge in [-0.05, 0) is 49.4 Å². The Morgan fingerprint density at radius 1 is 1.35 bits per heavy atom. The Morgan fingerprint density at radius 2 is 2.15 bits per heavy atom. The Labute approximate surface area is 121 Å². The van der Waals surface area contributed by atoms with E-state index in [1.54, 1.807) is 5.38 Å². The minimum Gasteiger partial charge on any atom is -0.325 e. The van der Waals surface area contributed by atoms with Gasteiger partial charge in [0, 0.05) is 16.8 Å². The smallest absolute Gasteiger partial charge is 0.307 e. The number of nitrogens with one attached hydrogen (secondary N) is 1. The monoisotopic (exact) mass is 288 g/mol. The van der Waals surface area contributed by atoms with E-state index in [0.717, 1.165) is 35.6 Å². The zero-order chi connectivity index (χ0) is 14.1. The van der Waals surface area contributed by atoms with Gasteiger partial charge in [0.2, 0.25) is 5.91 Å². The van der Waals surface area contributed by atoms with Gasteiger partial charge >= 0.3 is 4.87 Å². The minimum absolute atomic E-state index is 0.0747. The van der Waals surface area contributed by atoms with E-state index < -0.39 is 0 Å². The molecule has 0 unspecified atom stereocenters. The normalized spacial score (nSPS) is 13.2. The summed E-state index contributed by atoms with van der Waals surface area (Å²) in [6.07, 6.45) is 3.41. The third kappa shape index (κ3) is 2.54. The summed E-state index contributed by atoms with van der Waals surface area (Å²) < 4.78 is 1.49. The summed E-state index contributed by atoms with van der Waals surface area (Å²) in [6, 6.07) is 6.06. The van der Waals surface area contributed by atoms with E-state index in [0.29, 0.717) is 0 Å². The first kappa shape index (κ1) is 13.1. The van der Waals surface area contributed by atoms with Crippen LogP contribution >= 0.6 is 11.3 Å². The molecule has 4 nitrogen and oxygen atoms in total. The Balaban J connectivity index is 1.72. The predicted molar refractivity (Wildman–Crippen MR) is 80.4 cm³/mol. The Bertz CT molecular complexity index is 715. The number of carbonyl (C=O) groups excluding carboxylic acids is 1. The minimum atomic E-state index is -0.161. The fourth-order valence-corrected chi connectivity index (χ4v) is 3.32. The number of amides is 1. The van der Waals surface area contributed by atoms with Crippen LogP contribution in [0.3, 0.4) is 0 Å². The van der Waals surface area contributed by atoms with Crippen LogP contribution in [0.2, 0.25) is 0 Å². The second-order valence-corrected chi connectivity index (χ2v) is 5.94. The molecule has 0 atom stereocenters. The van der Waals surface area contributed by atoms with Crippen LogP contribution in [0.4, 0.5) is 5.69 Å². The number of hydrogen-bond acceptors (Lipinski definition) is 3. The summed E-state index contributed by atoms with van der Waals surface area (Å²) in [5, 5.41) is 4.64. The lowest BCUT2D eigenvalue weighted by Crippen LogP contribution is -2.25.